The first-order chi connectivity index (χ1) is 20.5. The van der Waals surface area contributed by atoms with E-state index in [1.54, 1.807) is 30.4 Å². The van der Waals surface area contributed by atoms with Crippen LogP contribution in [-0.4, -0.2) is 98.4 Å². The van der Waals surface area contributed by atoms with E-state index in [-0.39, 0.29) is 23.3 Å². The van der Waals surface area contributed by atoms with Crippen LogP contribution in [0.5, 0.6) is 0 Å². The molecule has 3 amide bonds. The van der Waals surface area contributed by atoms with Crippen LogP contribution in [0.15, 0.2) is 53.8 Å². The first-order valence-electron chi connectivity index (χ1n) is 14.2. The van der Waals surface area contributed by atoms with Gasteiger partial charge in [0.05, 0.1) is 26.0 Å². The number of amides is 3. The topological polar surface area (TPSA) is 169 Å². The Bertz CT molecular complexity index is 1240. The van der Waals surface area contributed by atoms with Crippen molar-refractivity contribution in [2.45, 2.75) is 65.4 Å². The summed E-state index contributed by atoms with van der Waals surface area (Å²) >= 11 is 0. The highest BCUT2D eigenvalue weighted by molar-refractivity contribution is 6.09. The quantitative estimate of drug-likeness (QED) is 0.130. The van der Waals surface area contributed by atoms with Crippen molar-refractivity contribution >= 4 is 17.7 Å². The van der Waals surface area contributed by atoms with Crippen LogP contribution in [0.3, 0.4) is 0 Å². The third kappa shape index (κ3) is 7.93. The number of carbonyl (C=O) groups is 3. The second kappa shape index (κ2) is 15.8. The molecule has 4 rings (SSSR count). The van der Waals surface area contributed by atoms with Crippen molar-refractivity contribution in [2.75, 3.05) is 32.8 Å². The maximum absolute atomic E-state index is 14.7. The number of nitrogens with zero attached hydrogens (tertiary/aromatic N) is 2. The number of allylic oxidation sites excluding steroid dienone is 3. The van der Waals surface area contributed by atoms with Crippen LogP contribution in [0.1, 0.15) is 45.7 Å². The van der Waals surface area contributed by atoms with Gasteiger partial charge in [0.25, 0.3) is 23.5 Å². The number of halogens is 1. The molecule has 1 unspecified atom stereocenters. The molecule has 12 nitrogen and oxygen atoms in total. The number of piperidine rings is 1. The molecule has 3 aliphatic rings. The predicted octanol–water partition coefficient (Wildman–Crippen LogP) is 0.842. The van der Waals surface area contributed by atoms with Crippen molar-refractivity contribution in [3.05, 3.63) is 70.8 Å². The lowest BCUT2D eigenvalue weighted by Crippen LogP contribution is -2.79. The van der Waals surface area contributed by atoms with E-state index in [1.165, 1.54) is 24.5 Å². The summed E-state index contributed by atoms with van der Waals surface area (Å²) in [4.78, 5) is 40.2. The third-order valence-corrected chi connectivity index (χ3v) is 6.73. The highest BCUT2D eigenvalue weighted by Crippen LogP contribution is 2.34. The number of likely N-dealkylation sites (tertiary alicyclic amines) is 1. The van der Waals surface area contributed by atoms with Crippen LogP contribution in [0.25, 0.3) is 0 Å². The van der Waals surface area contributed by atoms with E-state index in [0.29, 0.717) is 24.7 Å². The molecule has 0 radical (unpaired) electrons. The lowest BCUT2D eigenvalue weighted by molar-refractivity contribution is -0.355. The van der Waals surface area contributed by atoms with E-state index < -0.39 is 47.7 Å². The minimum absolute atomic E-state index is 0.0106. The first-order valence-corrected chi connectivity index (χ1v) is 14.2. The van der Waals surface area contributed by atoms with Gasteiger partial charge >= 0.3 is 5.79 Å². The summed E-state index contributed by atoms with van der Waals surface area (Å²) in [6.45, 7) is 12.5. The molecule has 1 aromatic carbocycles. The van der Waals surface area contributed by atoms with Gasteiger partial charge in [-0.2, -0.15) is 0 Å². The molecule has 3 aliphatic heterocycles. The van der Waals surface area contributed by atoms with E-state index in [0.717, 1.165) is 18.7 Å². The highest BCUT2D eigenvalue weighted by Gasteiger charge is 2.67. The molecule has 0 saturated carbocycles. The number of hydrogen-bond acceptors (Lipinski definition) is 10. The number of benzene rings is 1. The zero-order valence-electron chi connectivity index (χ0n) is 25.2. The number of hydrogen-bond donors (Lipinski definition) is 5. The zero-order valence-corrected chi connectivity index (χ0v) is 25.2. The molecule has 43 heavy (non-hydrogen) atoms. The fourth-order valence-corrected chi connectivity index (χ4v) is 4.54. The Hall–Kier alpha value is -3.46. The molecule has 5 N–H and O–H groups in total. The van der Waals surface area contributed by atoms with Gasteiger partial charge in [0.15, 0.2) is 6.04 Å². The number of morpholine rings is 1. The van der Waals surface area contributed by atoms with Gasteiger partial charge in [-0.15, -0.1) is 0 Å². The molecule has 0 bridgehead atoms. The van der Waals surface area contributed by atoms with Gasteiger partial charge in [0, 0.05) is 36.3 Å². The molecule has 0 spiro atoms. The maximum atomic E-state index is 14.7. The lowest BCUT2D eigenvalue weighted by Gasteiger charge is -2.44. The summed E-state index contributed by atoms with van der Waals surface area (Å²) < 4.78 is 25.6. The molecular weight excluding hydrogens is 565 g/mol. The second-order valence-corrected chi connectivity index (χ2v) is 9.43. The maximum Gasteiger partial charge on any atom is 0.303 e. The summed E-state index contributed by atoms with van der Waals surface area (Å²) in [6, 6.07) is 2.59. The standard InChI is InChI=1S/C26H30FN3O9.2C2H6/c1-2-3-4-19-18(13-30(23(19)32)21-22(31)28-24(33)26(36,37)25(21,34)35)15-39-14-17-6-5-16(11-20(17)27)12-29-7-9-38-10-8-29;2*1-2/h2-6,11,15,21,34-37H,7-10,12-14H2,1H3,(H,28,31,33);2*1-2H3/b3-2-,18-15+,19-4+;;. The average Bonchev–Trinajstić information content (AvgIpc) is 3.28. The van der Waals surface area contributed by atoms with E-state index in [4.69, 9.17) is 9.47 Å². The molecule has 0 aromatic heterocycles. The Morgan fingerprint density at radius 1 is 1.09 bits per heavy atom. The number of carbonyl (C=O) groups excluding carboxylic acids is 3. The molecule has 3 saturated heterocycles. The highest BCUT2D eigenvalue weighted by atomic mass is 19.1. The van der Waals surface area contributed by atoms with Crippen molar-refractivity contribution in [2.24, 2.45) is 0 Å². The van der Waals surface area contributed by atoms with E-state index in [9.17, 15) is 39.2 Å². The summed E-state index contributed by atoms with van der Waals surface area (Å²) in [5, 5.41) is 42.2. The van der Waals surface area contributed by atoms with Crippen LogP contribution in [0.2, 0.25) is 0 Å². The minimum Gasteiger partial charge on any atom is -0.496 e. The Morgan fingerprint density at radius 3 is 2.35 bits per heavy atom. The Kier molecular flexibility index (Phi) is 13.2. The van der Waals surface area contributed by atoms with Gasteiger partial charge in [-0.1, -0.05) is 52.0 Å². The SMILES string of the molecule is CC.CC.C\C=C/C=C1/C(=O)N(C2C(=O)NC(=O)C(O)(O)C2(O)O)C/C1=C\OCc1ccc(CN2CCOCC2)cc1F. The first kappa shape index (κ1) is 35.7. The normalized spacial score (nSPS) is 23.5. The van der Waals surface area contributed by atoms with Gasteiger partial charge in [0.2, 0.25) is 0 Å². The van der Waals surface area contributed by atoms with Crippen LogP contribution < -0.4 is 5.32 Å². The third-order valence-electron chi connectivity index (χ3n) is 6.73. The summed E-state index contributed by atoms with van der Waals surface area (Å²) in [7, 11) is 0. The van der Waals surface area contributed by atoms with Crippen molar-refractivity contribution < 1.29 is 48.7 Å². The molecule has 3 fully saturated rings. The fraction of sp³-hybridized carbons (Fsp3) is 0.500. The Labute approximate surface area is 250 Å². The number of nitrogens with one attached hydrogen (secondary N) is 1. The van der Waals surface area contributed by atoms with Crippen LogP contribution in [0, 0.1) is 5.82 Å². The zero-order chi connectivity index (χ0) is 32.4. The second-order valence-electron chi connectivity index (χ2n) is 9.43. The molecule has 13 heteroatoms. The summed E-state index contributed by atoms with van der Waals surface area (Å²) in [6.07, 6.45) is 5.72. The molecule has 1 aromatic rings. The van der Waals surface area contributed by atoms with Crippen molar-refractivity contribution in [3.8, 4) is 0 Å². The minimum atomic E-state index is -3.77. The number of ether oxygens (including phenoxy) is 2. The van der Waals surface area contributed by atoms with Gasteiger partial charge < -0.3 is 34.8 Å². The van der Waals surface area contributed by atoms with Crippen LogP contribution in [0.4, 0.5) is 4.39 Å². The molecule has 238 valence electrons. The molecular formula is C30H42FN3O9. The van der Waals surface area contributed by atoms with E-state index in [1.807, 2.05) is 27.7 Å². The van der Waals surface area contributed by atoms with Crippen molar-refractivity contribution in [1.29, 1.82) is 0 Å². The predicted molar refractivity (Wildman–Crippen MR) is 154 cm³/mol. The molecule has 3 heterocycles. The van der Waals surface area contributed by atoms with Crippen molar-refractivity contribution in [3.63, 3.8) is 0 Å². The average molecular weight is 608 g/mol. The van der Waals surface area contributed by atoms with Gasteiger partial charge in [-0.05, 0) is 24.6 Å². The largest absolute Gasteiger partial charge is 0.496 e. The van der Waals surface area contributed by atoms with Gasteiger partial charge in [-0.25, -0.2) is 4.39 Å². The van der Waals surface area contributed by atoms with Crippen LogP contribution >= 0.6 is 0 Å². The monoisotopic (exact) mass is 607 g/mol. The molecule has 1 atom stereocenters. The lowest BCUT2D eigenvalue weighted by atomic mass is 9.90. The van der Waals surface area contributed by atoms with Crippen molar-refractivity contribution in [1.82, 2.24) is 15.1 Å². The van der Waals surface area contributed by atoms with E-state index >= 15 is 0 Å². The smallest absolute Gasteiger partial charge is 0.303 e. The fourth-order valence-electron chi connectivity index (χ4n) is 4.54. The molecule has 0 aliphatic carbocycles. The number of aliphatic hydroxyl groups is 4. The Balaban J connectivity index is 0.00000155. The van der Waals surface area contributed by atoms with E-state index in [2.05, 4.69) is 4.90 Å². The summed E-state index contributed by atoms with van der Waals surface area (Å²) in [5.74, 6) is -11.9. The van der Waals surface area contributed by atoms with Gasteiger partial charge in [-0.3, -0.25) is 24.6 Å². The summed E-state index contributed by atoms with van der Waals surface area (Å²) in [5.41, 5.74) is 1.27. The van der Waals surface area contributed by atoms with Gasteiger partial charge in [0.1, 0.15) is 12.4 Å². The number of imide groups is 1. The van der Waals surface area contributed by atoms with Crippen LogP contribution in [-0.2, 0) is 37.0 Å². The number of rotatable bonds is 7. The Morgan fingerprint density at radius 2 is 1.74 bits per heavy atom.